The number of carboxylic acid groups (broad SMARTS) is 1. The van der Waals surface area contributed by atoms with Gasteiger partial charge in [0, 0.05) is 27.5 Å². The Bertz CT molecular complexity index is 616. The molecule has 3 nitrogen and oxygen atoms in total. The van der Waals surface area contributed by atoms with Gasteiger partial charge in [-0.15, -0.1) is 11.8 Å². The minimum absolute atomic E-state index is 0.359. The number of aromatic carboxylic acids is 1. The van der Waals surface area contributed by atoms with E-state index in [1.807, 2.05) is 24.4 Å². The third-order valence-electron chi connectivity index (χ3n) is 2.61. The Morgan fingerprint density at radius 3 is 2.84 bits per heavy atom. The van der Waals surface area contributed by atoms with Crippen LogP contribution in [0.3, 0.4) is 0 Å². The molecule has 0 radical (unpaired) electrons. The van der Waals surface area contributed by atoms with E-state index in [2.05, 4.69) is 20.9 Å². The van der Waals surface area contributed by atoms with E-state index >= 15 is 0 Å². The molecular weight excluding hydrogens is 326 g/mol. The van der Waals surface area contributed by atoms with Crippen LogP contribution in [0.15, 0.2) is 46.0 Å². The monoisotopic (exact) mass is 337 g/mol. The second kappa shape index (κ2) is 6.21. The number of aromatic nitrogens is 1. The maximum atomic E-state index is 11.1. The lowest BCUT2D eigenvalue weighted by Gasteiger charge is -2.05. The number of hydrogen-bond acceptors (Lipinski definition) is 3. The number of rotatable bonds is 4. The van der Waals surface area contributed by atoms with Gasteiger partial charge in [-0.25, -0.2) is 4.79 Å². The first-order chi connectivity index (χ1) is 9.06. The number of aryl methyl sites for hydroxylation is 1. The van der Waals surface area contributed by atoms with Crippen LogP contribution in [-0.4, -0.2) is 16.1 Å². The first-order valence-electron chi connectivity index (χ1n) is 5.62. The van der Waals surface area contributed by atoms with E-state index in [4.69, 9.17) is 5.11 Å². The van der Waals surface area contributed by atoms with Crippen molar-refractivity contribution in [2.45, 2.75) is 17.6 Å². The zero-order valence-electron chi connectivity index (χ0n) is 10.3. The molecule has 0 unspecified atom stereocenters. The molecule has 0 fully saturated rings. The van der Waals surface area contributed by atoms with E-state index in [-0.39, 0.29) is 0 Å². The van der Waals surface area contributed by atoms with Crippen molar-refractivity contribution in [3.8, 4) is 0 Å². The molecule has 2 aromatic rings. The first kappa shape index (κ1) is 14.1. The highest BCUT2D eigenvalue weighted by atomic mass is 79.9. The van der Waals surface area contributed by atoms with Crippen LogP contribution in [0.4, 0.5) is 0 Å². The number of benzene rings is 1. The third kappa shape index (κ3) is 3.81. The lowest BCUT2D eigenvalue weighted by Crippen LogP contribution is -1.99. The van der Waals surface area contributed by atoms with Gasteiger partial charge in [0.2, 0.25) is 0 Å². The van der Waals surface area contributed by atoms with Crippen molar-refractivity contribution in [1.29, 1.82) is 0 Å². The molecule has 1 aromatic heterocycles. The molecule has 2 rings (SSSR count). The number of thioether (sulfide) groups is 1. The number of nitrogens with zero attached hydrogens (tertiary/aromatic N) is 1. The highest BCUT2D eigenvalue weighted by Gasteiger charge is 2.08. The van der Waals surface area contributed by atoms with E-state index in [9.17, 15) is 4.79 Å². The zero-order valence-corrected chi connectivity index (χ0v) is 12.7. The van der Waals surface area contributed by atoms with Crippen molar-refractivity contribution in [3.05, 3.63) is 57.8 Å². The quantitative estimate of drug-likeness (QED) is 0.851. The van der Waals surface area contributed by atoms with Gasteiger partial charge in [-0.2, -0.15) is 0 Å². The molecule has 0 saturated heterocycles. The van der Waals surface area contributed by atoms with Gasteiger partial charge in [0.25, 0.3) is 0 Å². The van der Waals surface area contributed by atoms with Gasteiger partial charge < -0.3 is 5.11 Å². The highest BCUT2D eigenvalue weighted by molar-refractivity contribution is 9.10. The number of halogens is 1. The van der Waals surface area contributed by atoms with Crippen LogP contribution in [0.1, 0.15) is 21.5 Å². The van der Waals surface area contributed by atoms with Gasteiger partial charge in [0.05, 0.1) is 5.56 Å². The molecule has 0 bridgehead atoms. The topological polar surface area (TPSA) is 50.2 Å². The molecule has 0 aliphatic rings. The molecule has 0 amide bonds. The standard InChI is InChI=1S/C14H12BrNO2S/c1-9-2-3-12(5-13(9)14(17)18)19-8-10-4-11(15)7-16-6-10/h2-7H,8H2,1H3,(H,17,18). The van der Waals surface area contributed by atoms with Crippen molar-refractivity contribution in [2.24, 2.45) is 0 Å². The van der Waals surface area contributed by atoms with Crippen LogP contribution in [0.5, 0.6) is 0 Å². The molecule has 0 aliphatic heterocycles. The van der Waals surface area contributed by atoms with E-state index in [1.165, 1.54) is 0 Å². The summed E-state index contributed by atoms with van der Waals surface area (Å²) in [5, 5.41) is 9.09. The van der Waals surface area contributed by atoms with E-state index in [1.54, 1.807) is 30.9 Å². The van der Waals surface area contributed by atoms with Crippen molar-refractivity contribution in [3.63, 3.8) is 0 Å². The number of carbonyl (C=O) groups is 1. The van der Waals surface area contributed by atoms with Crippen LogP contribution in [0, 0.1) is 6.92 Å². The average Bonchev–Trinajstić information content (AvgIpc) is 2.37. The Balaban J connectivity index is 2.12. The molecule has 0 spiro atoms. The zero-order chi connectivity index (χ0) is 13.8. The summed E-state index contributed by atoms with van der Waals surface area (Å²) >= 11 is 4.98. The highest BCUT2D eigenvalue weighted by Crippen LogP contribution is 2.25. The van der Waals surface area contributed by atoms with E-state index in [0.717, 1.165) is 26.2 Å². The van der Waals surface area contributed by atoms with Gasteiger partial charge in [-0.1, -0.05) is 6.07 Å². The minimum Gasteiger partial charge on any atom is -0.478 e. The van der Waals surface area contributed by atoms with Crippen molar-refractivity contribution < 1.29 is 9.90 Å². The van der Waals surface area contributed by atoms with Gasteiger partial charge >= 0.3 is 5.97 Å². The fourth-order valence-electron chi connectivity index (χ4n) is 1.62. The van der Waals surface area contributed by atoms with Crippen LogP contribution < -0.4 is 0 Å². The predicted octanol–water partition coefficient (Wildman–Crippen LogP) is 4.14. The summed E-state index contributed by atoms with van der Waals surface area (Å²) in [5.41, 5.74) is 2.23. The smallest absolute Gasteiger partial charge is 0.335 e. The summed E-state index contributed by atoms with van der Waals surface area (Å²) in [6.07, 6.45) is 3.55. The Labute approximate surface area is 124 Å². The van der Waals surface area contributed by atoms with Crippen molar-refractivity contribution in [1.82, 2.24) is 4.98 Å². The summed E-state index contributed by atoms with van der Waals surface area (Å²) in [6, 6.07) is 7.50. The van der Waals surface area contributed by atoms with E-state index in [0.29, 0.717) is 5.56 Å². The molecule has 1 N–H and O–H groups in total. The summed E-state index contributed by atoms with van der Waals surface area (Å²) in [7, 11) is 0. The molecule has 5 heteroatoms. The predicted molar refractivity (Wildman–Crippen MR) is 79.6 cm³/mol. The van der Waals surface area contributed by atoms with Crippen LogP contribution >= 0.6 is 27.7 Å². The lowest BCUT2D eigenvalue weighted by molar-refractivity contribution is 0.0696. The number of pyridine rings is 1. The van der Waals surface area contributed by atoms with Gasteiger partial charge in [0.15, 0.2) is 0 Å². The second-order valence-electron chi connectivity index (χ2n) is 4.08. The summed E-state index contributed by atoms with van der Waals surface area (Å²) in [4.78, 5) is 16.1. The first-order valence-corrected chi connectivity index (χ1v) is 7.40. The normalized spacial score (nSPS) is 10.4. The van der Waals surface area contributed by atoms with Gasteiger partial charge in [0.1, 0.15) is 0 Å². The second-order valence-corrected chi connectivity index (χ2v) is 6.05. The molecule has 0 saturated carbocycles. The minimum atomic E-state index is -0.885. The average molecular weight is 338 g/mol. The number of hydrogen-bond donors (Lipinski definition) is 1. The molecule has 0 atom stereocenters. The van der Waals surface area contributed by atoms with E-state index < -0.39 is 5.97 Å². The summed E-state index contributed by atoms with van der Waals surface area (Å²) in [5.74, 6) is -0.127. The van der Waals surface area contributed by atoms with Crippen molar-refractivity contribution in [2.75, 3.05) is 0 Å². The fourth-order valence-corrected chi connectivity index (χ4v) is 2.89. The Morgan fingerprint density at radius 2 is 2.16 bits per heavy atom. The fraction of sp³-hybridized carbons (Fsp3) is 0.143. The molecule has 1 heterocycles. The van der Waals surface area contributed by atoms with Crippen LogP contribution in [0.25, 0.3) is 0 Å². The van der Waals surface area contributed by atoms with Gasteiger partial charge in [-0.05, 0) is 52.2 Å². The molecular formula is C14H12BrNO2S. The molecule has 1 aromatic carbocycles. The Hall–Kier alpha value is -1.33. The summed E-state index contributed by atoms with van der Waals surface area (Å²) < 4.78 is 0.945. The molecule has 98 valence electrons. The lowest BCUT2D eigenvalue weighted by atomic mass is 10.1. The Morgan fingerprint density at radius 1 is 1.37 bits per heavy atom. The largest absolute Gasteiger partial charge is 0.478 e. The van der Waals surface area contributed by atoms with Crippen LogP contribution in [0.2, 0.25) is 0 Å². The number of carboxylic acids is 1. The maximum absolute atomic E-state index is 11.1. The molecule has 0 aliphatic carbocycles. The van der Waals surface area contributed by atoms with Gasteiger partial charge in [-0.3, -0.25) is 4.98 Å². The maximum Gasteiger partial charge on any atom is 0.335 e. The van der Waals surface area contributed by atoms with Crippen LogP contribution in [-0.2, 0) is 5.75 Å². The third-order valence-corrected chi connectivity index (χ3v) is 4.11. The van der Waals surface area contributed by atoms with Crippen molar-refractivity contribution >= 4 is 33.7 Å². The summed E-state index contributed by atoms with van der Waals surface area (Å²) in [6.45, 7) is 1.80. The SMILES string of the molecule is Cc1ccc(SCc2cncc(Br)c2)cc1C(=O)O. The Kier molecular flexibility index (Phi) is 4.61. The molecule has 19 heavy (non-hydrogen) atoms.